The monoisotopic (exact) mass is 160 g/mol. The Morgan fingerprint density at radius 2 is 1.75 bits per heavy atom. The lowest BCUT2D eigenvalue weighted by molar-refractivity contribution is -0.126. The normalized spacial score (nSPS) is 74.8. The Morgan fingerprint density at radius 3 is 2.17 bits per heavy atom. The Morgan fingerprint density at radius 1 is 1.17 bits per heavy atom. The SMILES string of the molecule is C=C1C2C3C4C(C(=O)C23C)C14C. The van der Waals surface area contributed by atoms with Crippen LogP contribution in [0.1, 0.15) is 13.8 Å². The molecule has 4 fully saturated rings. The van der Waals surface area contributed by atoms with Crippen LogP contribution in [0.3, 0.4) is 0 Å². The first-order valence-corrected chi connectivity index (χ1v) is 4.79. The van der Waals surface area contributed by atoms with E-state index in [0.29, 0.717) is 29.5 Å². The summed E-state index contributed by atoms with van der Waals surface area (Å²) in [6, 6.07) is 0. The smallest absolute Gasteiger partial charge is 0.143 e. The minimum absolute atomic E-state index is 0.0736. The van der Waals surface area contributed by atoms with Crippen LogP contribution < -0.4 is 0 Å². The molecule has 12 heavy (non-hydrogen) atoms. The van der Waals surface area contributed by atoms with Gasteiger partial charge in [-0.25, -0.2) is 0 Å². The molecule has 0 radical (unpaired) electrons. The molecule has 0 amide bonds. The van der Waals surface area contributed by atoms with Crippen molar-refractivity contribution in [3.8, 4) is 0 Å². The minimum atomic E-state index is 0.0736. The number of ketones is 1. The van der Waals surface area contributed by atoms with Gasteiger partial charge in [-0.2, -0.15) is 0 Å². The van der Waals surface area contributed by atoms with E-state index in [4.69, 9.17) is 0 Å². The van der Waals surface area contributed by atoms with Crippen molar-refractivity contribution in [2.24, 2.45) is 34.5 Å². The van der Waals surface area contributed by atoms with E-state index in [1.54, 1.807) is 0 Å². The maximum absolute atomic E-state index is 11.9. The molecule has 0 spiro atoms. The van der Waals surface area contributed by atoms with Crippen molar-refractivity contribution >= 4 is 5.78 Å². The summed E-state index contributed by atoms with van der Waals surface area (Å²) in [7, 11) is 0. The van der Waals surface area contributed by atoms with Crippen molar-refractivity contribution in [1.82, 2.24) is 0 Å². The van der Waals surface area contributed by atoms with Crippen LogP contribution in [-0.4, -0.2) is 5.78 Å². The fourth-order valence-electron chi connectivity index (χ4n) is 4.67. The van der Waals surface area contributed by atoms with Crippen molar-refractivity contribution in [3.63, 3.8) is 0 Å². The molecule has 6 atom stereocenters. The summed E-state index contributed by atoms with van der Waals surface area (Å²) in [6.07, 6.45) is 0. The highest BCUT2D eigenvalue weighted by Gasteiger charge is 2.95. The van der Waals surface area contributed by atoms with E-state index < -0.39 is 0 Å². The van der Waals surface area contributed by atoms with Gasteiger partial charge in [0.1, 0.15) is 5.78 Å². The largest absolute Gasteiger partial charge is 0.299 e. The van der Waals surface area contributed by atoms with Gasteiger partial charge in [0, 0.05) is 16.7 Å². The molecule has 1 heteroatoms. The number of rotatable bonds is 0. The minimum Gasteiger partial charge on any atom is -0.299 e. The molecule has 0 aromatic heterocycles. The van der Waals surface area contributed by atoms with Crippen LogP contribution in [0.2, 0.25) is 0 Å². The maximum Gasteiger partial charge on any atom is 0.143 e. The fourth-order valence-corrected chi connectivity index (χ4v) is 4.67. The maximum atomic E-state index is 11.9. The summed E-state index contributed by atoms with van der Waals surface area (Å²) in [4.78, 5) is 11.9. The second kappa shape index (κ2) is 1.07. The molecule has 4 aliphatic rings. The molecule has 0 aromatic rings. The number of allylic oxidation sites excluding steroid dienone is 1. The van der Waals surface area contributed by atoms with Crippen LogP contribution in [0, 0.1) is 34.5 Å². The van der Waals surface area contributed by atoms with Crippen molar-refractivity contribution in [2.75, 3.05) is 0 Å². The summed E-state index contributed by atoms with van der Waals surface area (Å²) >= 11 is 0. The van der Waals surface area contributed by atoms with Crippen LogP contribution in [0.5, 0.6) is 0 Å². The lowest BCUT2D eigenvalue weighted by Gasteiger charge is -2.24. The van der Waals surface area contributed by atoms with Gasteiger partial charge in [0.2, 0.25) is 0 Å². The predicted octanol–water partition coefficient (Wildman–Crippen LogP) is 1.64. The quantitative estimate of drug-likeness (QED) is 0.492. The fraction of sp³-hybridized carbons (Fsp3) is 0.727. The molecular formula is C11H12O. The Bertz CT molecular complexity index is 333. The van der Waals surface area contributed by atoms with Crippen LogP contribution in [0.25, 0.3) is 0 Å². The average molecular weight is 160 g/mol. The lowest BCUT2D eigenvalue weighted by atomic mass is 9.79. The Hall–Kier alpha value is -0.590. The molecular weight excluding hydrogens is 148 g/mol. The number of hydrogen-bond acceptors (Lipinski definition) is 1. The topological polar surface area (TPSA) is 17.1 Å². The van der Waals surface area contributed by atoms with Gasteiger partial charge in [-0.1, -0.05) is 26.0 Å². The van der Waals surface area contributed by atoms with Gasteiger partial charge in [0.25, 0.3) is 0 Å². The third-order valence-electron chi connectivity index (χ3n) is 5.44. The number of hydrogen-bond donors (Lipinski definition) is 0. The summed E-state index contributed by atoms with van der Waals surface area (Å²) in [5.41, 5.74) is 1.75. The second-order valence-corrected chi connectivity index (χ2v) is 5.46. The van der Waals surface area contributed by atoms with Crippen LogP contribution in [0.15, 0.2) is 12.2 Å². The van der Waals surface area contributed by atoms with Crippen molar-refractivity contribution in [1.29, 1.82) is 0 Å². The summed E-state index contributed by atoms with van der Waals surface area (Å²) < 4.78 is 0. The molecule has 0 N–H and O–H groups in total. The number of carbonyl (C=O) groups excluding carboxylic acids is 1. The van der Waals surface area contributed by atoms with E-state index in [1.807, 2.05) is 0 Å². The van der Waals surface area contributed by atoms with Gasteiger partial charge in [-0.3, -0.25) is 4.79 Å². The highest BCUT2D eigenvalue weighted by atomic mass is 16.1. The van der Waals surface area contributed by atoms with Gasteiger partial charge in [-0.15, -0.1) is 0 Å². The third-order valence-corrected chi connectivity index (χ3v) is 5.44. The van der Waals surface area contributed by atoms with E-state index in [2.05, 4.69) is 20.4 Å². The summed E-state index contributed by atoms with van der Waals surface area (Å²) in [5.74, 6) is 2.98. The van der Waals surface area contributed by atoms with Crippen LogP contribution in [-0.2, 0) is 4.79 Å². The third kappa shape index (κ3) is 0.252. The van der Waals surface area contributed by atoms with Crippen LogP contribution >= 0.6 is 0 Å². The lowest BCUT2D eigenvalue weighted by Crippen LogP contribution is -2.27. The second-order valence-electron chi connectivity index (χ2n) is 5.46. The van der Waals surface area contributed by atoms with Crippen molar-refractivity contribution in [2.45, 2.75) is 13.8 Å². The summed E-state index contributed by atoms with van der Waals surface area (Å²) in [5, 5.41) is 0. The molecule has 0 aliphatic heterocycles. The standard InChI is InChI=1S/C11H12O/c1-4-5-6-7-8(10(4,7)2)9(12)11(5,6)3/h5-8H,1H2,2-3H3. The predicted molar refractivity (Wildman–Crippen MR) is 44.3 cm³/mol. The highest BCUT2D eigenvalue weighted by Crippen LogP contribution is 2.94. The molecule has 4 saturated carbocycles. The zero-order valence-electron chi connectivity index (χ0n) is 7.42. The average Bonchev–Trinajstić information content (AvgIpc) is 2.75. The Kier molecular flexibility index (Phi) is 0.529. The Balaban J connectivity index is 2.04. The molecule has 4 rings (SSSR count). The first-order valence-electron chi connectivity index (χ1n) is 4.79. The molecule has 0 aromatic carbocycles. The zero-order valence-corrected chi connectivity index (χ0v) is 7.42. The first-order chi connectivity index (χ1) is 5.55. The van der Waals surface area contributed by atoms with E-state index in [9.17, 15) is 4.79 Å². The van der Waals surface area contributed by atoms with Gasteiger partial charge < -0.3 is 0 Å². The number of fused-ring (bicyclic) bond motifs is 2. The highest BCUT2D eigenvalue weighted by molar-refractivity contribution is 6.02. The molecule has 6 unspecified atom stereocenters. The molecule has 1 nitrogen and oxygen atoms in total. The van der Waals surface area contributed by atoms with Gasteiger partial charge in [0.15, 0.2) is 0 Å². The molecule has 0 bridgehead atoms. The zero-order chi connectivity index (χ0) is 8.46. The van der Waals surface area contributed by atoms with Gasteiger partial charge in [-0.05, 0) is 17.8 Å². The Labute approximate surface area is 71.8 Å². The molecule has 0 saturated heterocycles. The van der Waals surface area contributed by atoms with E-state index in [0.717, 1.165) is 0 Å². The van der Waals surface area contributed by atoms with Crippen molar-refractivity contribution in [3.05, 3.63) is 12.2 Å². The van der Waals surface area contributed by atoms with Gasteiger partial charge in [0.05, 0.1) is 0 Å². The van der Waals surface area contributed by atoms with E-state index in [-0.39, 0.29) is 10.8 Å². The first kappa shape index (κ1) is 5.95. The molecule has 4 aliphatic carbocycles. The van der Waals surface area contributed by atoms with E-state index in [1.165, 1.54) is 5.57 Å². The van der Waals surface area contributed by atoms with Crippen LogP contribution in [0.4, 0.5) is 0 Å². The van der Waals surface area contributed by atoms with Gasteiger partial charge >= 0.3 is 0 Å². The van der Waals surface area contributed by atoms with Crippen molar-refractivity contribution < 1.29 is 4.79 Å². The molecule has 0 heterocycles. The molecule has 62 valence electrons. The number of Topliss-reactive ketones (excluding diaryl/α,β-unsaturated/α-hetero) is 1. The number of carbonyl (C=O) groups is 1. The van der Waals surface area contributed by atoms with E-state index >= 15 is 0 Å². The summed E-state index contributed by atoms with van der Waals surface area (Å²) in [6.45, 7) is 8.58.